The molecule has 0 rings (SSSR count). The number of urea groups is 1. The molecule has 6 nitrogen and oxygen atoms in total. The van der Waals surface area contributed by atoms with Gasteiger partial charge < -0.3 is 11.1 Å². The zero-order valence-corrected chi connectivity index (χ0v) is 8.90. The topological polar surface area (TPSA) is 84.7 Å². The molecule has 0 saturated heterocycles. The molecule has 0 fully saturated rings. The van der Waals surface area contributed by atoms with E-state index in [1.807, 2.05) is 13.8 Å². The van der Waals surface area contributed by atoms with Gasteiger partial charge in [0.1, 0.15) is 6.04 Å². The van der Waals surface area contributed by atoms with E-state index in [1.165, 1.54) is 14.2 Å². The zero-order valence-electron chi connectivity index (χ0n) is 8.90. The lowest BCUT2D eigenvalue weighted by atomic mass is 10.0. The van der Waals surface area contributed by atoms with Crippen LogP contribution in [0.3, 0.4) is 0 Å². The van der Waals surface area contributed by atoms with Gasteiger partial charge in [-0.3, -0.25) is 9.63 Å². The van der Waals surface area contributed by atoms with Crippen LogP contribution in [-0.2, 0) is 9.63 Å². The molecule has 3 amide bonds. The Balaban J connectivity index is 4.49. The molecule has 0 aromatic heterocycles. The standard InChI is InChI=1S/C8H17N3O3/c1-5(2)6(10-8(9)13)7(12)11(3)14-4/h5-6H,1-4H3,(H3,9,10,13). The van der Waals surface area contributed by atoms with Gasteiger partial charge in [0.2, 0.25) is 0 Å². The maximum Gasteiger partial charge on any atom is 0.312 e. The Bertz CT molecular complexity index is 218. The quantitative estimate of drug-likeness (QED) is 0.615. The first-order valence-corrected chi connectivity index (χ1v) is 4.27. The maximum atomic E-state index is 11.6. The van der Waals surface area contributed by atoms with Gasteiger partial charge in [-0.2, -0.15) is 0 Å². The maximum absolute atomic E-state index is 11.6. The molecular formula is C8H17N3O3. The van der Waals surface area contributed by atoms with Crippen molar-refractivity contribution < 1.29 is 14.4 Å². The molecule has 0 heterocycles. The smallest absolute Gasteiger partial charge is 0.312 e. The highest BCUT2D eigenvalue weighted by molar-refractivity contribution is 5.86. The number of carbonyl (C=O) groups is 2. The van der Waals surface area contributed by atoms with Crippen LogP contribution in [0.5, 0.6) is 0 Å². The molecule has 0 bridgehead atoms. The zero-order chi connectivity index (χ0) is 11.3. The van der Waals surface area contributed by atoms with Gasteiger partial charge in [-0.1, -0.05) is 13.8 Å². The lowest BCUT2D eigenvalue weighted by Crippen LogP contribution is -2.51. The predicted molar refractivity (Wildman–Crippen MR) is 51.1 cm³/mol. The lowest BCUT2D eigenvalue weighted by Gasteiger charge is -2.24. The molecule has 1 atom stereocenters. The Labute approximate surface area is 83.3 Å². The van der Waals surface area contributed by atoms with Crippen molar-refractivity contribution in [2.24, 2.45) is 11.7 Å². The molecule has 14 heavy (non-hydrogen) atoms. The highest BCUT2D eigenvalue weighted by Gasteiger charge is 2.26. The van der Waals surface area contributed by atoms with Crippen molar-refractivity contribution in [3.8, 4) is 0 Å². The summed E-state index contributed by atoms with van der Waals surface area (Å²) >= 11 is 0. The largest absolute Gasteiger partial charge is 0.352 e. The van der Waals surface area contributed by atoms with E-state index in [0.717, 1.165) is 5.06 Å². The fourth-order valence-electron chi connectivity index (χ4n) is 0.953. The van der Waals surface area contributed by atoms with Crippen molar-refractivity contribution in [2.45, 2.75) is 19.9 Å². The second-order valence-corrected chi connectivity index (χ2v) is 3.25. The van der Waals surface area contributed by atoms with E-state index in [-0.39, 0.29) is 11.8 Å². The Kier molecular flexibility index (Phi) is 4.93. The van der Waals surface area contributed by atoms with Crippen molar-refractivity contribution in [3.63, 3.8) is 0 Å². The first kappa shape index (κ1) is 12.7. The summed E-state index contributed by atoms with van der Waals surface area (Å²) in [7, 11) is 2.85. The number of hydroxylamine groups is 2. The van der Waals surface area contributed by atoms with Gasteiger partial charge in [0.25, 0.3) is 5.91 Å². The third kappa shape index (κ3) is 3.61. The van der Waals surface area contributed by atoms with Gasteiger partial charge in [0.15, 0.2) is 0 Å². The summed E-state index contributed by atoms with van der Waals surface area (Å²) in [6.45, 7) is 3.62. The summed E-state index contributed by atoms with van der Waals surface area (Å²) < 4.78 is 0. The Morgan fingerprint density at radius 1 is 1.43 bits per heavy atom. The van der Waals surface area contributed by atoms with Crippen LogP contribution < -0.4 is 11.1 Å². The minimum atomic E-state index is -0.721. The number of likely N-dealkylation sites (N-methyl/N-ethyl adjacent to an activating group) is 1. The number of nitrogens with one attached hydrogen (secondary N) is 1. The molecule has 0 aliphatic heterocycles. The van der Waals surface area contributed by atoms with Gasteiger partial charge >= 0.3 is 6.03 Å². The summed E-state index contributed by atoms with van der Waals surface area (Å²) in [6, 6.07) is -1.38. The SMILES string of the molecule is CON(C)C(=O)C(NC(N)=O)C(C)C. The van der Waals surface area contributed by atoms with Crippen molar-refractivity contribution in [1.29, 1.82) is 0 Å². The molecule has 0 aromatic rings. The number of hydrogen-bond acceptors (Lipinski definition) is 3. The van der Waals surface area contributed by atoms with Crippen LogP contribution in [0.1, 0.15) is 13.8 Å². The molecule has 0 aromatic carbocycles. The first-order valence-electron chi connectivity index (χ1n) is 4.27. The van der Waals surface area contributed by atoms with Crippen LogP contribution in [-0.4, -0.2) is 37.2 Å². The second kappa shape index (κ2) is 5.43. The summed E-state index contributed by atoms with van der Waals surface area (Å²) in [5.41, 5.74) is 4.95. The van der Waals surface area contributed by atoms with E-state index in [1.54, 1.807) is 0 Å². The third-order valence-electron chi connectivity index (χ3n) is 1.81. The normalized spacial score (nSPS) is 12.4. The van der Waals surface area contributed by atoms with Crippen LogP contribution in [0.4, 0.5) is 4.79 Å². The van der Waals surface area contributed by atoms with Crippen molar-refractivity contribution >= 4 is 11.9 Å². The Morgan fingerprint density at radius 3 is 2.21 bits per heavy atom. The van der Waals surface area contributed by atoms with Crippen LogP contribution >= 0.6 is 0 Å². The van der Waals surface area contributed by atoms with Gasteiger partial charge in [-0.05, 0) is 5.92 Å². The van der Waals surface area contributed by atoms with E-state index in [0.29, 0.717) is 0 Å². The fraction of sp³-hybridized carbons (Fsp3) is 0.750. The summed E-state index contributed by atoms with van der Waals surface area (Å²) in [5.74, 6) is -0.381. The number of hydrogen-bond donors (Lipinski definition) is 2. The monoisotopic (exact) mass is 203 g/mol. The molecule has 82 valence electrons. The van der Waals surface area contributed by atoms with Gasteiger partial charge in [0, 0.05) is 7.05 Å². The third-order valence-corrected chi connectivity index (χ3v) is 1.81. The predicted octanol–water partition coefficient (Wildman–Crippen LogP) is -0.301. The molecule has 0 spiro atoms. The van der Waals surface area contributed by atoms with E-state index >= 15 is 0 Å². The van der Waals surface area contributed by atoms with Gasteiger partial charge in [-0.15, -0.1) is 0 Å². The molecule has 1 unspecified atom stereocenters. The molecule has 3 N–H and O–H groups in total. The van der Waals surface area contributed by atoms with Crippen LogP contribution in [0.2, 0.25) is 0 Å². The van der Waals surface area contributed by atoms with Crippen LogP contribution in [0, 0.1) is 5.92 Å². The molecular weight excluding hydrogens is 186 g/mol. The highest BCUT2D eigenvalue weighted by atomic mass is 16.7. The average molecular weight is 203 g/mol. The minimum Gasteiger partial charge on any atom is -0.352 e. The van der Waals surface area contributed by atoms with Crippen molar-refractivity contribution in [2.75, 3.05) is 14.2 Å². The van der Waals surface area contributed by atoms with E-state index < -0.39 is 12.1 Å². The summed E-state index contributed by atoms with van der Waals surface area (Å²) in [5, 5.41) is 3.42. The van der Waals surface area contributed by atoms with E-state index in [9.17, 15) is 9.59 Å². The van der Waals surface area contributed by atoms with Crippen molar-refractivity contribution in [1.82, 2.24) is 10.4 Å². The molecule has 6 heteroatoms. The van der Waals surface area contributed by atoms with Crippen LogP contribution in [0.25, 0.3) is 0 Å². The Morgan fingerprint density at radius 2 is 1.93 bits per heavy atom. The van der Waals surface area contributed by atoms with Gasteiger partial charge in [0.05, 0.1) is 7.11 Å². The lowest BCUT2D eigenvalue weighted by molar-refractivity contribution is -0.171. The minimum absolute atomic E-state index is 0.0485. The van der Waals surface area contributed by atoms with Gasteiger partial charge in [-0.25, -0.2) is 9.86 Å². The molecule has 0 saturated carbocycles. The molecule has 0 radical (unpaired) electrons. The van der Waals surface area contributed by atoms with E-state index in [4.69, 9.17) is 10.6 Å². The number of carbonyl (C=O) groups excluding carboxylic acids is 2. The number of amides is 3. The molecule has 0 aliphatic rings. The summed E-state index contributed by atoms with van der Waals surface area (Å²) in [4.78, 5) is 26.9. The van der Waals surface area contributed by atoms with E-state index in [2.05, 4.69) is 5.32 Å². The Hall–Kier alpha value is -1.30. The average Bonchev–Trinajstić information content (AvgIpc) is 2.11. The molecule has 0 aliphatic carbocycles. The number of nitrogens with two attached hydrogens (primary N) is 1. The second-order valence-electron chi connectivity index (χ2n) is 3.25. The number of primary amides is 1. The number of nitrogens with zero attached hydrogens (tertiary/aromatic N) is 1. The van der Waals surface area contributed by atoms with Crippen molar-refractivity contribution in [3.05, 3.63) is 0 Å². The number of rotatable bonds is 4. The van der Waals surface area contributed by atoms with Crippen LogP contribution in [0.15, 0.2) is 0 Å². The fourth-order valence-corrected chi connectivity index (χ4v) is 0.953. The highest BCUT2D eigenvalue weighted by Crippen LogP contribution is 2.04. The summed E-state index contributed by atoms with van der Waals surface area (Å²) in [6.07, 6.45) is 0. The first-order chi connectivity index (χ1) is 6.40.